The zero-order valence-electron chi connectivity index (χ0n) is 9.74. The summed E-state index contributed by atoms with van der Waals surface area (Å²) in [6.45, 7) is 0. The number of aliphatic hydroxyl groups excluding tert-OH is 1. The lowest BCUT2D eigenvalue weighted by Gasteiger charge is -2.20. The molecule has 0 saturated carbocycles. The van der Waals surface area contributed by atoms with Gasteiger partial charge in [-0.25, -0.2) is 4.39 Å². The molecular weight excluding hydrogens is 297 g/mol. The Morgan fingerprint density at radius 1 is 1.33 bits per heavy atom. The van der Waals surface area contributed by atoms with E-state index < -0.39 is 0 Å². The van der Waals surface area contributed by atoms with E-state index in [0.29, 0.717) is 0 Å². The summed E-state index contributed by atoms with van der Waals surface area (Å²) in [6, 6.07) is 6.61. The van der Waals surface area contributed by atoms with Gasteiger partial charge in [-0.3, -0.25) is 0 Å². The molecule has 1 aromatic carbocycles. The van der Waals surface area contributed by atoms with E-state index >= 15 is 0 Å². The van der Waals surface area contributed by atoms with Crippen molar-refractivity contribution in [2.75, 3.05) is 0 Å². The van der Waals surface area contributed by atoms with Crippen molar-refractivity contribution in [3.63, 3.8) is 0 Å². The summed E-state index contributed by atoms with van der Waals surface area (Å²) in [5.41, 5.74) is 3.03. The molecule has 4 heteroatoms. The Morgan fingerprint density at radius 2 is 2.17 bits per heavy atom. The van der Waals surface area contributed by atoms with Gasteiger partial charge >= 0.3 is 0 Å². The van der Waals surface area contributed by atoms with Gasteiger partial charge in [-0.05, 0) is 59.5 Å². The number of hydrogen-bond donors (Lipinski definition) is 1. The second kappa shape index (κ2) is 4.52. The standard InChI is InChI=1S/C14H13BrFNO/c15-11-8-9(16)4-5-13(11)17-7-6-10-12(17)2-1-3-14(10)18/h4-8,14,18H,1-3H2. The SMILES string of the molecule is OC1CCCc2c1ccn2-c1ccc(F)cc1Br. The average molecular weight is 310 g/mol. The lowest BCUT2D eigenvalue weighted by molar-refractivity contribution is 0.156. The van der Waals surface area contributed by atoms with Gasteiger partial charge in [0.1, 0.15) is 5.82 Å². The van der Waals surface area contributed by atoms with Crippen molar-refractivity contribution in [1.29, 1.82) is 0 Å². The van der Waals surface area contributed by atoms with E-state index in [4.69, 9.17) is 0 Å². The summed E-state index contributed by atoms with van der Waals surface area (Å²) in [6.07, 6.45) is 4.33. The Balaban J connectivity index is 2.12. The predicted octanol–water partition coefficient (Wildman–Crippen LogP) is 3.75. The van der Waals surface area contributed by atoms with Gasteiger partial charge in [-0.2, -0.15) is 0 Å². The molecule has 0 aliphatic heterocycles. The van der Waals surface area contributed by atoms with Crippen LogP contribution in [0.3, 0.4) is 0 Å². The Morgan fingerprint density at radius 3 is 2.94 bits per heavy atom. The third-order valence-electron chi connectivity index (χ3n) is 3.45. The average Bonchev–Trinajstić information content (AvgIpc) is 2.74. The lowest BCUT2D eigenvalue weighted by atomic mass is 9.95. The zero-order chi connectivity index (χ0) is 12.7. The number of fused-ring (bicyclic) bond motifs is 1. The fourth-order valence-electron chi connectivity index (χ4n) is 2.57. The number of hydrogen-bond acceptors (Lipinski definition) is 1. The van der Waals surface area contributed by atoms with Gasteiger partial charge in [-0.1, -0.05) is 0 Å². The molecule has 18 heavy (non-hydrogen) atoms. The molecule has 1 unspecified atom stereocenters. The quantitative estimate of drug-likeness (QED) is 0.852. The largest absolute Gasteiger partial charge is 0.388 e. The van der Waals surface area contributed by atoms with E-state index in [9.17, 15) is 9.50 Å². The van der Waals surface area contributed by atoms with Crippen LogP contribution in [0.2, 0.25) is 0 Å². The molecule has 0 radical (unpaired) electrons. The zero-order valence-corrected chi connectivity index (χ0v) is 11.3. The lowest BCUT2D eigenvalue weighted by Crippen LogP contribution is -2.11. The Hall–Kier alpha value is -1.13. The monoisotopic (exact) mass is 309 g/mol. The molecule has 3 rings (SSSR count). The fraction of sp³-hybridized carbons (Fsp3) is 0.286. The van der Waals surface area contributed by atoms with Crippen molar-refractivity contribution in [3.05, 3.63) is 52.0 Å². The molecule has 0 fully saturated rings. The summed E-state index contributed by atoms with van der Waals surface area (Å²) < 4.78 is 15.9. The first-order chi connectivity index (χ1) is 8.66. The summed E-state index contributed by atoms with van der Waals surface area (Å²) in [5, 5.41) is 9.95. The minimum atomic E-state index is -0.366. The molecule has 1 aromatic heterocycles. The number of nitrogens with zero attached hydrogens (tertiary/aromatic N) is 1. The van der Waals surface area contributed by atoms with E-state index in [2.05, 4.69) is 15.9 Å². The molecule has 1 aliphatic rings. The molecule has 1 N–H and O–H groups in total. The summed E-state index contributed by atoms with van der Waals surface area (Å²) in [4.78, 5) is 0. The van der Waals surface area contributed by atoms with Crippen molar-refractivity contribution in [3.8, 4) is 5.69 Å². The Kier molecular flexibility index (Phi) is 2.99. The molecule has 1 aliphatic carbocycles. The van der Waals surface area contributed by atoms with Crippen LogP contribution in [0.4, 0.5) is 4.39 Å². The number of aromatic nitrogens is 1. The highest BCUT2D eigenvalue weighted by atomic mass is 79.9. The molecule has 0 saturated heterocycles. The van der Waals surface area contributed by atoms with Crippen molar-refractivity contribution in [1.82, 2.24) is 4.57 Å². The fourth-order valence-corrected chi connectivity index (χ4v) is 3.11. The van der Waals surface area contributed by atoms with E-state index in [1.807, 2.05) is 16.8 Å². The predicted molar refractivity (Wildman–Crippen MR) is 71.3 cm³/mol. The van der Waals surface area contributed by atoms with Gasteiger partial charge in [0, 0.05) is 21.9 Å². The van der Waals surface area contributed by atoms with Crippen LogP contribution in [0, 0.1) is 5.82 Å². The number of halogens is 2. The molecule has 1 atom stereocenters. The first kappa shape index (κ1) is 11.9. The molecule has 94 valence electrons. The van der Waals surface area contributed by atoms with Crippen molar-refractivity contribution in [2.24, 2.45) is 0 Å². The second-order valence-corrected chi connectivity index (χ2v) is 5.45. The number of rotatable bonds is 1. The number of benzene rings is 1. The van der Waals surface area contributed by atoms with Crippen LogP contribution in [0.15, 0.2) is 34.9 Å². The van der Waals surface area contributed by atoms with E-state index in [0.717, 1.165) is 40.7 Å². The molecular formula is C14H13BrFNO. The first-order valence-electron chi connectivity index (χ1n) is 6.00. The van der Waals surface area contributed by atoms with Crippen LogP contribution in [0.25, 0.3) is 5.69 Å². The highest BCUT2D eigenvalue weighted by molar-refractivity contribution is 9.10. The van der Waals surface area contributed by atoms with Crippen molar-refractivity contribution < 1.29 is 9.50 Å². The molecule has 2 nitrogen and oxygen atoms in total. The van der Waals surface area contributed by atoms with Gasteiger partial charge in [-0.15, -0.1) is 0 Å². The molecule has 0 bridgehead atoms. The summed E-state index contributed by atoms with van der Waals surface area (Å²) >= 11 is 3.39. The van der Waals surface area contributed by atoms with Gasteiger partial charge in [0.15, 0.2) is 0 Å². The van der Waals surface area contributed by atoms with Crippen LogP contribution >= 0.6 is 15.9 Å². The minimum absolute atomic E-state index is 0.258. The molecule has 1 heterocycles. The highest BCUT2D eigenvalue weighted by Crippen LogP contribution is 2.33. The third-order valence-corrected chi connectivity index (χ3v) is 4.08. The normalized spacial score (nSPS) is 18.7. The van der Waals surface area contributed by atoms with Gasteiger partial charge < -0.3 is 9.67 Å². The summed E-state index contributed by atoms with van der Waals surface area (Å²) in [5.74, 6) is -0.258. The van der Waals surface area contributed by atoms with Crippen LogP contribution in [0.5, 0.6) is 0 Å². The Bertz CT molecular complexity index is 593. The van der Waals surface area contributed by atoms with Crippen molar-refractivity contribution >= 4 is 15.9 Å². The van der Waals surface area contributed by atoms with E-state index in [-0.39, 0.29) is 11.9 Å². The van der Waals surface area contributed by atoms with Crippen molar-refractivity contribution in [2.45, 2.75) is 25.4 Å². The van der Waals surface area contributed by atoms with Crippen LogP contribution in [0.1, 0.15) is 30.2 Å². The first-order valence-corrected chi connectivity index (χ1v) is 6.80. The topological polar surface area (TPSA) is 25.2 Å². The number of aliphatic hydroxyl groups is 1. The molecule has 0 spiro atoms. The van der Waals surface area contributed by atoms with Gasteiger partial charge in [0.2, 0.25) is 0 Å². The van der Waals surface area contributed by atoms with Crippen LogP contribution in [-0.2, 0) is 6.42 Å². The minimum Gasteiger partial charge on any atom is -0.388 e. The highest BCUT2D eigenvalue weighted by Gasteiger charge is 2.22. The Labute approximate surface area is 113 Å². The van der Waals surface area contributed by atoms with E-state index in [1.54, 1.807) is 6.07 Å². The van der Waals surface area contributed by atoms with E-state index in [1.165, 1.54) is 12.1 Å². The van der Waals surface area contributed by atoms with Crippen LogP contribution < -0.4 is 0 Å². The third kappa shape index (κ3) is 1.89. The van der Waals surface area contributed by atoms with Crippen LogP contribution in [-0.4, -0.2) is 9.67 Å². The maximum atomic E-state index is 13.1. The maximum absolute atomic E-state index is 13.1. The van der Waals surface area contributed by atoms with Gasteiger partial charge in [0.25, 0.3) is 0 Å². The second-order valence-electron chi connectivity index (χ2n) is 4.59. The molecule has 2 aromatic rings. The summed E-state index contributed by atoms with van der Waals surface area (Å²) in [7, 11) is 0. The molecule has 0 amide bonds. The maximum Gasteiger partial charge on any atom is 0.124 e. The smallest absolute Gasteiger partial charge is 0.124 e. The van der Waals surface area contributed by atoms with Gasteiger partial charge in [0.05, 0.1) is 11.8 Å².